The second kappa shape index (κ2) is 10.8. The van der Waals surface area contributed by atoms with Crippen molar-refractivity contribution in [1.29, 1.82) is 0 Å². The van der Waals surface area contributed by atoms with Crippen molar-refractivity contribution in [2.24, 2.45) is 10.9 Å². The van der Waals surface area contributed by atoms with Crippen LogP contribution in [-0.4, -0.2) is 73.0 Å². The maximum Gasteiger partial charge on any atom is 0.222 e. The van der Waals surface area contributed by atoms with Crippen LogP contribution >= 0.6 is 0 Å². The predicted molar refractivity (Wildman–Crippen MR) is 108 cm³/mol. The van der Waals surface area contributed by atoms with Crippen LogP contribution in [0, 0.1) is 5.92 Å². The number of guanidine groups is 1. The Balaban J connectivity index is 1.92. The fourth-order valence-electron chi connectivity index (χ4n) is 4.03. The highest BCUT2D eigenvalue weighted by Crippen LogP contribution is 2.18. The summed E-state index contributed by atoms with van der Waals surface area (Å²) >= 11 is 0. The van der Waals surface area contributed by atoms with Crippen LogP contribution in [0.5, 0.6) is 0 Å². The lowest BCUT2D eigenvalue weighted by Gasteiger charge is -2.28. The highest BCUT2D eigenvalue weighted by atomic mass is 16.2. The number of carbonyl (C=O) groups excluding carboxylic acids is 1. The minimum absolute atomic E-state index is 0.252. The van der Waals surface area contributed by atoms with E-state index in [0.717, 1.165) is 38.6 Å². The molecule has 2 fully saturated rings. The van der Waals surface area contributed by atoms with Crippen molar-refractivity contribution in [3.8, 4) is 0 Å². The van der Waals surface area contributed by atoms with Crippen molar-refractivity contribution in [3.05, 3.63) is 0 Å². The summed E-state index contributed by atoms with van der Waals surface area (Å²) in [6.07, 6.45) is 5.43. The summed E-state index contributed by atoms with van der Waals surface area (Å²) in [5.41, 5.74) is 0. The summed E-state index contributed by atoms with van der Waals surface area (Å²) in [4.78, 5) is 21.4. The standard InChI is InChI=1S/C20H39N5O/c1-5-19(26)25-12-9-17(15-25)23-20(21-6-2)22-14-18(13-16(3)4)24-10-7-8-11-24/h16-18H,5-15H2,1-4H3,(H2,21,22,23). The van der Waals surface area contributed by atoms with E-state index < -0.39 is 0 Å². The fourth-order valence-corrected chi connectivity index (χ4v) is 4.03. The van der Waals surface area contributed by atoms with Gasteiger partial charge in [-0.3, -0.25) is 14.7 Å². The van der Waals surface area contributed by atoms with Crippen LogP contribution in [0.15, 0.2) is 4.99 Å². The van der Waals surface area contributed by atoms with E-state index in [-0.39, 0.29) is 5.91 Å². The Bertz CT molecular complexity index is 459. The number of rotatable bonds is 8. The minimum atomic E-state index is 0.252. The van der Waals surface area contributed by atoms with Gasteiger partial charge in [-0.15, -0.1) is 0 Å². The van der Waals surface area contributed by atoms with Gasteiger partial charge in [0.05, 0.1) is 6.54 Å². The van der Waals surface area contributed by atoms with Crippen LogP contribution in [0.4, 0.5) is 0 Å². The number of hydrogen-bond donors (Lipinski definition) is 2. The zero-order valence-electron chi connectivity index (χ0n) is 17.3. The van der Waals surface area contributed by atoms with Crippen LogP contribution in [0.25, 0.3) is 0 Å². The molecule has 0 bridgehead atoms. The molecule has 0 saturated carbocycles. The van der Waals surface area contributed by atoms with E-state index in [9.17, 15) is 4.79 Å². The van der Waals surface area contributed by atoms with E-state index in [1.807, 2.05) is 11.8 Å². The Hall–Kier alpha value is -1.30. The Labute approximate surface area is 159 Å². The van der Waals surface area contributed by atoms with E-state index in [0.29, 0.717) is 24.4 Å². The summed E-state index contributed by atoms with van der Waals surface area (Å²) < 4.78 is 0. The van der Waals surface area contributed by atoms with E-state index in [2.05, 4.69) is 36.3 Å². The average molecular weight is 366 g/mol. The zero-order chi connectivity index (χ0) is 18.9. The number of hydrogen-bond acceptors (Lipinski definition) is 3. The molecular weight excluding hydrogens is 326 g/mol. The normalized spacial score (nSPS) is 22.9. The molecule has 2 saturated heterocycles. The Morgan fingerprint density at radius 3 is 2.54 bits per heavy atom. The van der Waals surface area contributed by atoms with E-state index in [1.165, 1.54) is 32.4 Å². The number of nitrogens with one attached hydrogen (secondary N) is 2. The molecule has 150 valence electrons. The topological polar surface area (TPSA) is 60.0 Å². The molecule has 0 spiro atoms. The van der Waals surface area contributed by atoms with E-state index >= 15 is 0 Å². The van der Waals surface area contributed by atoms with Crippen molar-refractivity contribution in [2.45, 2.75) is 71.9 Å². The van der Waals surface area contributed by atoms with Crippen molar-refractivity contribution < 1.29 is 4.79 Å². The third-order valence-electron chi connectivity index (χ3n) is 5.39. The summed E-state index contributed by atoms with van der Waals surface area (Å²) in [5, 5.41) is 6.94. The van der Waals surface area contributed by atoms with Crippen molar-refractivity contribution in [2.75, 3.05) is 39.3 Å². The van der Waals surface area contributed by atoms with Crippen LogP contribution < -0.4 is 10.6 Å². The molecule has 2 rings (SSSR count). The maximum absolute atomic E-state index is 11.9. The molecule has 1 amide bonds. The molecule has 2 aliphatic rings. The van der Waals surface area contributed by atoms with Gasteiger partial charge >= 0.3 is 0 Å². The number of nitrogens with zero attached hydrogens (tertiary/aromatic N) is 3. The average Bonchev–Trinajstić information content (AvgIpc) is 3.29. The third kappa shape index (κ3) is 6.45. The van der Waals surface area contributed by atoms with Gasteiger partial charge in [-0.1, -0.05) is 20.8 Å². The van der Waals surface area contributed by atoms with Gasteiger partial charge in [-0.25, -0.2) is 0 Å². The summed E-state index contributed by atoms with van der Waals surface area (Å²) in [6.45, 7) is 14.4. The molecule has 2 heterocycles. The molecular formula is C20H39N5O. The van der Waals surface area contributed by atoms with Crippen molar-refractivity contribution in [3.63, 3.8) is 0 Å². The van der Waals surface area contributed by atoms with E-state index in [4.69, 9.17) is 4.99 Å². The monoisotopic (exact) mass is 365 g/mol. The molecule has 2 aliphatic heterocycles. The summed E-state index contributed by atoms with van der Waals surface area (Å²) in [6, 6.07) is 0.841. The first-order valence-corrected chi connectivity index (χ1v) is 10.6. The zero-order valence-corrected chi connectivity index (χ0v) is 17.3. The SMILES string of the molecule is CCNC(=NCC(CC(C)C)N1CCCC1)NC1CCN(C(=O)CC)C1. The number of aliphatic imine (C=N–C) groups is 1. The molecule has 6 nitrogen and oxygen atoms in total. The maximum atomic E-state index is 11.9. The molecule has 2 unspecified atom stereocenters. The lowest BCUT2D eigenvalue weighted by molar-refractivity contribution is -0.129. The number of likely N-dealkylation sites (tertiary alicyclic amines) is 2. The Kier molecular flexibility index (Phi) is 8.69. The molecule has 0 radical (unpaired) electrons. The Morgan fingerprint density at radius 1 is 1.19 bits per heavy atom. The first-order valence-electron chi connectivity index (χ1n) is 10.6. The molecule has 0 aliphatic carbocycles. The van der Waals surface area contributed by atoms with Crippen molar-refractivity contribution >= 4 is 11.9 Å². The van der Waals surface area contributed by atoms with Crippen LogP contribution in [0.2, 0.25) is 0 Å². The lowest BCUT2D eigenvalue weighted by Crippen LogP contribution is -2.46. The van der Waals surface area contributed by atoms with Gasteiger partial charge in [0.15, 0.2) is 5.96 Å². The molecule has 2 N–H and O–H groups in total. The molecule has 2 atom stereocenters. The first-order chi connectivity index (χ1) is 12.5. The van der Waals surface area contributed by atoms with Crippen molar-refractivity contribution in [1.82, 2.24) is 20.4 Å². The quantitative estimate of drug-likeness (QED) is 0.511. The predicted octanol–water partition coefficient (Wildman–Crippen LogP) is 2.06. The van der Waals surface area contributed by atoms with Gasteiger partial charge in [-0.05, 0) is 51.6 Å². The minimum Gasteiger partial charge on any atom is -0.357 e. The molecule has 0 aromatic carbocycles. The lowest BCUT2D eigenvalue weighted by atomic mass is 10.0. The van der Waals surface area contributed by atoms with Crippen LogP contribution in [0.3, 0.4) is 0 Å². The third-order valence-corrected chi connectivity index (χ3v) is 5.39. The largest absolute Gasteiger partial charge is 0.357 e. The highest BCUT2D eigenvalue weighted by molar-refractivity contribution is 5.80. The fraction of sp³-hybridized carbons (Fsp3) is 0.900. The Morgan fingerprint density at radius 2 is 1.92 bits per heavy atom. The number of amides is 1. The van der Waals surface area contributed by atoms with Gasteiger partial charge < -0.3 is 15.5 Å². The van der Waals surface area contributed by atoms with Gasteiger partial charge in [0.25, 0.3) is 0 Å². The van der Waals surface area contributed by atoms with Crippen LogP contribution in [0.1, 0.15) is 59.8 Å². The summed E-state index contributed by atoms with van der Waals surface area (Å²) in [5.74, 6) is 1.84. The first kappa shape index (κ1) is 21.0. The molecule has 26 heavy (non-hydrogen) atoms. The van der Waals surface area contributed by atoms with Crippen LogP contribution in [-0.2, 0) is 4.79 Å². The van der Waals surface area contributed by atoms with Gasteiger partial charge in [0.2, 0.25) is 5.91 Å². The van der Waals surface area contributed by atoms with Gasteiger partial charge in [-0.2, -0.15) is 0 Å². The second-order valence-electron chi connectivity index (χ2n) is 8.07. The van der Waals surface area contributed by atoms with Gasteiger partial charge in [0.1, 0.15) is 0 Å². The smallest absolute Gasteiger partial charge is 0.222 e. The van der Waals surface area contributed by atoms with Gasteiger partial charge in [0, 0.05) is 38.1 Å². The molecule has 0 aromatic heterocycles. The highest BCUT2D eigenvalue weighted by Gasteiger charge is 2.26. The number of carbonyl (C=O) groups is 1. The molecule has 6 heteroatoms. The van der Waals surface area contributed by atoms with E-state index in [1.54, 1.807) is 0 Å². The second-order valence-corrected chi connectivity index (χ2v) is 8.07. The summed E-state index contributed by atoms with van der Waals surface area (Å²) in [7, 11) is 0. The molecule has 0 aromatic rings.